The SMILES string of the molecule is CCSc1ccc(CNC(=O)c2cnc3c(c2)CN(Cc2ccc(Cl)cc2)C3)nc1. The van der Waals surface area contributed by atoms with Gasteiger partial charge in [-0.1, -0.05) is 30.7 Å². The summed E-state index contributed by atoms with van der Waals surface area (Å²) in [6, 6.07) is 13.8. The number of carbonyl (C=O) groups is 1. The summed E-state index contributed by atoms with van der Waals surface area (Å²) in [6.07, 6.45) is 3.51. The number of hydrogen-bond donors (Lipinski definition) is 1. The summed E-state index contributed by atoms with van der Waals surface area (Å²) in [5, 5.41) is 3.68. The highest BCUT2D eigenvalue weighted by atomic mass is 35.5. The third kappa shape index (κ3) is 5.19. The molecule has 1 N–H and O–H groups in total. The van der Waals surface area contributed by atoms with E-state index in [-0.39, 0.29) is 5.91 Å². The lowest BCUT2D eigenvalue weighted by Crippen LogP contribution is -2.23. The number of carbonyl (C=O) groups excluding carboxylic acids is 1. The lowest BCUT2D eigenvalue weighted by molar-refractivity contribution is 0.0950. The molecule has 0 bridgehead atoms. The monoisotopic (exact) mass is 438 g/mol. The molecule has 3 heterocycles. The zero-order valence-electron chi connectivity index (χ0n) is 16.8. The van der Waals surface area contributed by atoms with Crippen molar-refractivity contribution in [1.29, 1.82) is 0 Å². The van der Waals surface area contributed by atoms with Crippen molar-refractivity contribution >= 4 is 29.3 Å². The predicted molar refractivity (Wildman–Crippen MR) is 120 cm³/mol. The third-order valence-electron chi connectivity index (χ3n) is 4.95. The van der Waals surface area contributed by atoms with Crippen molar-refractivity contribution in [2.24, 2.45) is 0 Å². The number of halogens is 1. The van der Waals surface area contributed by atoms with E-state index in [1.54, 1.807) is 18.0 Å². The molecule has 0 atom stereocenters. The number of nitrogens with one attached hydrogen (secondary N) is 1. The number of fused-ring (bicyclic) bond motifs is 1. The smallest absolute Gasteiger partial charge is 0.253 e. The van der Waals surface area contributed by atoms with Crippen molar-refractivity contribution in [3.8, 4) is 0 Å². The number of aromatic nitrogens is 2. The van der Waals surface area contributed by atoms with E-state index in [9.17, 15) is 4.79 Å². The molecule has 30 heavy (non-hydrogen) atoms. The highest BCUT2D eigenvalue weighted by molar-refractivity contribution is 7.99. The minimum Gasteiger partial charge on any atom is -0.346 e. The molecule has 0 unspecified atom stereocenters. The molecule has 0 saturated carbocycles. The van der Waals surface area contributed by atoms with E-state index in [2.05, 4.69) is 27.1 Å². The van der Waals surface area contributed by atoms with Crippen molar-refractivity contribution in [1.82, 2.24) is 20.2 Å². The van der Waals surface area contributed by atoms with Crippen molar-refractivity contribution in [2.75, 3.05) is 5.75 Å². The highest BCUT2D eigenvalue weighted by Gasteiger charge is 2.22. The molecule has 7 heteroatoms. The lowest BCUT2D eigenvalue weighted by Gasteiger charge is -2.14. The molecule has 0 fully saturated rings. The summed E-state index contributed by atoms with van der Waals surface area (Å²) in [5.74, 6) is 0.885. The van der Waals surface area contributed by atoms with Gasteiger partial charge in [-0.25, -0.2) is 0 Å². The average Bonchev–Trinajstić information content (AvgIpc) is 3.16. The Morgan fingerprint density at radius 1 is 1.13 bits per heavy atom. The van der Waals surface area contributed by atoms with Crippen LogP contribution in [0.15, 0.2) is 59.8 Å². The zero-order valence-corrected chi connectivity index (χ0v) is 18.3. The molecule has 1 aliphatic heterocycles. The number of thioether (sulfide) groups is 1. The van der Waals surface area contributed by atoms with Crippen LogP contribution in [0.3, 0.4) is 0 Å². The zero-order chi connectivity index (χ0) is 20.9. The number of pyridine rings is 2. The lowest BCUT2D eigenvalue weighted by atomic mass is 10.1. The van der Waals surface area contributed by atoms with Crippen LogP contribution >= 0.6 is 23.4 Å². The topological polar surface area (TPSA) is 58.1 Å². The van der Waals surface area contributed by atoms with Crippen LogP contribution in [-0.4, -0.2) is 26.5 Å². The van der Waals surface area contributed by atoms with Crippen LogP contribution in [0.25, 0.3) is 0 Å². The van der Waals surface area contributed by atoms with E-state index >= 15 is 0 Å². The molecule has 3 aromatic rings. The summed E-state index contributed by atoms with van der Waals surface area (Å²) in [5.41, 5.74) is 4.77. The Labute approximate surface area is 185 Å². The van der Waals surface area contributed by atoms with Gasteiger partial charge < -0.3 is 5.32 Å². The Bertz CT molecular complexity index is 1020. The first-order chi connectivity index (χ1) is 14.6. The fraction of sp³-hybridized carbons (Fsp3) is 0.261. The van der Waals surface area contributed by atoms with Gasteiger partial charge in [0.15, 0.2) is 0 Å². The Hall–Kier alpha value is -2.41. The van der Waals surface area contributed by atoms with Crippen molar-refractivity contribution in [2.45, 2.75) is 38.0 Å². The van der Waals surface area contributed by atoms with Gasteiger partial charge in [0.2, 0.25) is 0 Å². The van der Waals surface area contributed by atoms with E-state index in [0.717, 1.165) is 52.3 Å². The molecule has 0 aliphatic carbocycles. The van der Waals surface area contributed by atoms with E-state index in [1.807, 2.05) is 48.7 Å². The summed E-state index contributed by atoms with van der Waals surface area (Å²) < 4.78 is 0. The summed E-state index contributed by atoms with van der Waals surface area (Å²) in [6.45, 7) is 4.90. The maximum atomic E-state index is 12.6. The quantitative estimate of drug-likeness (QED) is 0.542. The molecule has 0 spiro atoms. The van der Waals surface area contributed by atoms with Crippen LogP contribution in [0.1, 0.15) is 39.8 Å². The maximum Gasteiger partial charge on any atom is 0.253 e. The molecule has 1 amide bonds. The second kappa shape index (κ2) is 9.60. The Morgan fingerprint density at radius 3 is 2.70 bits per heavy atom. The molecule has 0 radical (unpaired) electrons. The van der Waals surface area contributed by atoms with Gasteiger partial charge in [-0.05, 0) is 47.2 Å². The number of hydrogen-bond acceptors (Lipinski definition) is 5. The number of benzene rings is 1. The van der Waals surface area contributed by atoms with Crippen LogP contribution in [0.4, 0.5) is 0 Å². The molecule has 2 aromatic heterocycles. The first-order valence-electron chi connectivity index (χ1n) is 9.91. The summed E-state index contributed by atoms with van der Waals surface area (Å²) >= 11 is 7.72. The van der Waals surface area contributed by atoms with Crippen molar-refractivity contribution < 1.29 is 4.79 Å². The van der Waals surface area contributed by atoms with Gasteiger partial charge in [0.1, 0.15) is 0 Å². The van der Waals surface area contributed by atoms with E-state index in [0.29, 0.717) is 12.1 Å². The Kier molecular flexibility index (Phi) is 6.67. The highest BCUT2D eigenvalue weighted by Crippen LogP contribution is 2.24. The van der Waals surface area contributed by atoms with Gasteiger partial charge in [0.25, 0.3) is 5.91 Å². The Balaban J connectivity index is 1.34. The molecule has 0 saturated heterocycles. The number of rotatable bonds is 7. The summed E-state index contributed by atoms with van der Waals surface area (Å²) in [7, 11) is 0. The molecular formula is C23H23ClN4OS. The van der Waals surface area contributed by atoms with Crippen LogP contribution in [0.2, 0.25) is 5.02 Å². The largest absolute Gasteiger partial charge is 0.346 e. The molecule has 5 nitrogen and oxygen atoms in total. The van der Waals surface area contributed by atoms with E-state index < -0.39 is 0 Å². The minimum absolute atomic E-state index is 0.129. The summed E-state index contributed by atoms with van der Waals surface area (Å²) in [4.78, 5) is 25.0. The fourth-order valence-electron chi connectivity index (χ4n) is 3.45. The molecule has 1 aromatic carbocycles. The fourth-order valence-corrected chi connectivity index (χ4v) is 4.20. The standard InChI is InChI=1S/C23H23ClN4OS/c1-2-30-21-8-7-20(25-12-21)11-27-23(29)17-9-18-14-28(15-22(18)26-10-17)13-16-3-5-19(24)6-4-16/h3-10,12H,2,11,13-15H2,1H3,(H,27,29). The van der Waals surface area contributed by atoms with Gasteiger partial charge in [-0.15, -0.1) is 11.8 Å². The van der Waals surface area contributed by atoms with Crippen molar-refractivity contribution in [3.05, 3.63) is 88.0 Å². The first kappa shape index (κ1) is 20.8. The van der Waals surface area contributed by atoms with Crippen LogP contribution in [0, 0.1) is 0 Å². The second-order valence-electron chi connectivity index (χ2n) is 7.20. The number of nitrogens with zero attached hydrogens (tertiary/aromatic N) is 3. The van der Waals surface area contributed by atoms with Crippen LogP contribution in [-0.2, 0) is 26.2 Å². The third-order valence-corrected chi connectivity index (χ3v) is 6.06. The predicted octanol–water partition coefficient (Wildman–Crippen LogP) is 4.69. The van der Waals surface area contributed by atoms with Gasteiger partial charge in [-0.3, -0.25) is 19.7 Å². The van der Waals surface area contributed by atoms with E-state index in [4.69, 9.17) is 11.6 Å². The Morgan fingerprint density at radius 2 is 1.97 bits per heavy atom. The maximum absolute atomic E-state index is 12.6. The molecule has 154 valence electrons. The second-order valence-corrected chi connectivity index (χ2v) is 8.98. The molecule has 4 rings (SSSR count). The van der Waals surface area contributed by atoms with Crippen LogP contribution < -0.4 is 5.32 Å². The van der Waals surface area contributed by atoms with E-state index in [1.165, 1.54) is 5.56 Å². The van der Waals surface area contributed by atoms with Gasteiger partial charge in [0, 0.05) is 41.9 Å². The van der Waals surface area contributed by atoms with Gasteiger partial charge >= 0.3 is 0 Å². The van der Waals surface area contributed by atoms with Crippen LogP contribution in [0.5, 0.6) is 0 Å². The first-order valence-corrected chi connectivity index (χ1v) is 11.3. The van der Waals surface area contributed by atoms with Crippen molar-refractivity contribution in [3.63, 3.8) is 0 Å². The number of amides is 1. The molecule has 1 aliphatic rings. The minimum atomic E-state index is -0.129. The van der Waals surface area contributed by atoms with Gasteiger partial charge in [-0.2, -0.15) is 0 Å². The normalized spacial score (nSPS) is 13.3. The van der Waals surface area contributed by atoms with Gasteiger partial charge in [0.05, 0.1) is 23.5 Å². The molecular weight excluding hydrogens is 416 g/mol. The average molecular weight is 439 g/mol.